The number of nitrogens with one attached hydrogen (secondary N) is 1. The fourth-order valence-corrected chi connectivity index (χ4v) is 4.32. The van der Waals surface area contributed by atoms with Crippen LogP contribution in [-0.2, 0) is 16.0 Å². The molecule has 9 heteroatoms. The molecule has 1 N–H and O–H groups in total. The van der Waals surface area contributed by atoms with Crippen molar-refractivity contribution in [3.8, 4) is 0 Å². The first-order valence-electron chi connectivity index (χ1n) is 9.54. The average molecular weight is 433 g/mol. The van der Waals surface area contributed by atoms with E-state index in [0.29, 0.717) is 12.6 Å². The molecule has 0 aromatic heterocycles. The van der Waals surface area contributed by atoms with E-state index in [2.05, 4.69) is 5.32 Å². The van der Waals surface area contributed by atoms with E-state index in [9.17, 15) is 22.8 Å². The van der Waals surface area contributed by atoms with Gasteiger partial charge in [-0.2, -0.15) is 0 Å². The number of amides is 2. The smallest absolute Gasteiger partial charge is 0.407 e. The van der Waals surface area contributed by atoms with Gasteiger partial charge in [0.25, 0.3) is 0 Å². The Morgan fingerprint density at radius 2 is 1.90 bits per heavy atom. The number of ether oxygens (including phenoxy) is 1. The van der Waals surface area contributed by atoms with E-state index in [-0.39, 0.29) is 29.7 Å². The zero-order valence-corrected chi connectivity index (χ0v) is 17.9. The lowest BCUT2D eigenvalue weighted by Gasteiger charge is -2.27. The molecule has 1 aliphatic rings. The number of rotatable bonds is 6. The van der Waals surface area contributed by atoms with Crippen LogP contribution in [0.1, 0.15) is 46.1 Å². The van der Waals surface area contributed by atoms with Crippen molar-refractivity contribution < 1.29 is 27.5 Å². The second-order valence-electron chi connectivity index (χ2n) is 7.93. The summed E-state index contributed by atoms with van der Waals surface area (Å²) in [5, 5.41) is 2.63. The number of hydrogen-bond donors (Lipinski definition) is 1. The molecule has 0 radical (unpaired) electrons. The summed E-state index contributed by atoms with van der Waals surface area (Å²) in [7, 11) is 0. The SMILES string of the molecule is CC[C@@H]1SCCN1C(=O)C[C@@H](Cc1cc(F)c(F)cc1F)NC(=O)OC(C)(C)C. The topological polar surface area (TPSA) is 58.6 Å². The van der Waals surface area contributed by atoms with Crippen LogP contribution in [0, 0.1) is 17.5 Å². The summed E-state index contributed by atoms with van der Waals surface area (Å²) in [6.07, 6.45) is -0.250. The van der Waals surface area contributed by atoms with Gasteiger partial charge in [-0.1, -0.05) is 6.92 Å². The first kappa shape index (κ1) is 23.4. The number of hydrogen-bond acceptors (Lipinski definition) is 4. The summed E-state index contributed by atoms with van der Waals surface area (Å²) in [6, 6.07) is 0.376. The van der Waals surface area contributed by atoms with Gasteiger partial charge in [-0.15, -0.1) is 11.8 Å². The van der Waals surface area contributed by atoms with E-state index in [0.717, 1.165) is 18.2 Å². The predicted octanol–water partition coefficient (Wildman–Crippen LogP) is 4.24. The molecule has 1 saturated heterocycles. The molecule has 1 fully saturated rings. The van der Waals surface area contributed by atoms with E-state index in [1.165, 1.54) is 0 Å². The van der Waals surface area contributed by atoms with Crippen molar-refractivity contribution in [2.24, 2.45) is 0 Å². The maximum Gasteiger partial charge on any atom is 0.407 e. The molecule has 29 heavy (non-hydrogen) atoms. The lowest BCUT2D eigenvalue weighted by atomic mass is 10.0. The van der Waals surface area contributed by atoms with Gasteiger partial charge < -0.3 is 15.0 Å². The molecule has 5 nitrogen and oxygen atoms in total. The normalized spacial score (nSPS) is 17.9. The number of alkyl carbamates (subject to hydrolysis) is 1. The van der Waals surface area contributed by atoms with Crippen molar-refractivity contribution >= 4 is 23.8 Å². The van der Waals surface area contributed by atoms with Crippen LogP contribution in [0.3, 0.4) is 0 Å². The Morgan fingerprint density at radius 1 is 1.24 bits per heavy atom. The molecule has 0 spiro atoms. The van der Waals surface area contributed by atoms with Crippen LogP contribution in [-0.4, -0.2) is 46.2 Å². The maximum atomic E-state index is 14.1. The number of halogens is 3. The maximum absolute atomic E-state index is 14.1. The molecule has 162 valence electrons. The van der Waals surface area contributed by atoms with Crippen LogP contribution in [0.15, 0.2) is 12.1 Å². The Kier molecular flexibility index (Phi) is 7.85. The third-order valence-electron chi connectivity index (χ3n) is 4.36. The van der Waals surface area contributed by atoms with Gasteiger partial charge >= 0.3 is 6.09 Å². The molecule has 0 saturated carbocycles. The first-order chi connectivity index (χ1) is 13.5. The molecule has 0 unspecified atom stereocenters. The van der Waals surface area contributed by atoms with Crippen molar-refractivity contribution in [3.05, 3.63) is 35.1 Å². The van der Waals surface area contributed by atoms with E-state index in [1.54, 1.807) is 37.4 Å². The third-order valence-corrected chi connectivity index (χ3v) is 5.75. The minimum Gasteiger partial charge on any atom is -0.444 e. The Labute approximate surface area is 173 Å². The standard InChI is InChI=1S/C20H27F3N2O3S/c1-5-18-25(6-7-29-18)17(26)10-13(24-19(27)28-20(2,3)4)8-12-9-15(22)16(23)11-14(12)21/h9,11,13,18H,5-8,10H2,1-4H3,(H,24,27)/t13-,18+/m1/s1. The summed E-state index contributed by atoms with van der Waals surface area (Å²) in [4.78, 5) is 26.7. The molecule has 2 rings (SSSR count). The number of carbonyl (C=O) groups excluding carboxylic acids is 2. The van der Waals surface area contributed by atoms with Gasteiger partial charge in [0.2, 0.25) is 5.91 Å². The van der Waals surface area contributed by atoms with Crippen LogP contribution in [0.4, 0.5) is 18.0 Å². The van der Waals surface area contributed by atoms with Crippen molar-refractivity contribution in [1.29, 1.82) is 0 Å². The second kappa shape index (κ2) is 9.73. The molecular formula is C20H27F3N2O3S. The summed E-state index contributed by atoms with van der Waals surface area (Å²) < 4.78 is 46.1. The van der Waals surface area contributed by atoms with Gasteiger partial charge in [0.1, 0.15) is 11.4 Å². The highest BCUT2D eigenvalue weighted by Gasteiger charge is 2.31. The van der Waals surface area contributed by atoms with Crippen molar-refractivity contribution in [1.82, 2.24) is 10.2 Å². The second-order valence-corrected chi connectivity index (χ2v) is 9.22. The van der Waals surface area contributed by atoms with Crippen LogP contribution in [0.2, 0.25) is 0 Å². The molecular weight excluding hydrogens is 405 g/mol. The van der Waals surface area contributed by atoms with Crippen molar-refractivity contribution in [2.45, 2.75) is 64.0 Å². The third kappa shape index (κ3) is 6.83. The predicted molar refractivity (Wildman–Crippen MR) is 106 cm³/mol. The van der Waals surface area contributed by atoms with Gasteiger partial charge in [-0.3, -0.25) is 4.79 Å². The summed E-state index contributed by atoms with van der Waals surface area (Å²) in [5.74, 6) is -2.78. The summed E-state index contributed by atoms with van der Waals surface area (Å²) >= 11 is 1.68. The number of benzene rings is 1. The van der Waals surface area contributed by atoms with Gasteiger partial charge in [0.05, 0.1) is 5.37 Å². The van der Waals surface area contributed by atoms with E-state index < -0.39 is 35.2 Å². The van der Waals surface area contributed by atoms with Gasteiger partial charge in [0, 0.05) is 30.8 Å². The molecule has 0 aliphatic carbocycles. The Balaban J connectivity index is 2.17. The van der Waals surface area contributed by atoms with Crippen LogP contribution in [0.5, 0.6) is 0 Å². The fourth-order valence-electron chi connectivity index (χ4n) is 3.11. The largest absolute Gasteiger partial charge is 0.444 e. The fraction of sp³-hybridized carbons (Fsp3) is 0.600. The molecule has 1 aromatic carbocycles. The number of thioether (sulfide) groups is 1. The molecule has 2 atom stereocenters. The van der Waals surface area contributed by atoms with E-state index in [4.69, 9.17) is 4.74 Å². The van der Waals surface area contributed by atoms with E-state index in [1.807, 2.05) is 6.92 Å². The zero-order chi connectivity index (χ0) is 21.8. The Morgan fingerprint density at radius 3 is 2.52 bits per heavy atom. The molecule has 0 bridgehead atoms. The average Bonchev–Trinajstić information content (AvgIpc) is 3.06. The molecule has 1 heterocycles. The van der Waals surface area contributed by atoms with Gasteiger partial charge in [-0.25, -0.2) is 18.0 Å². The van der Waals surface area contributed by atoms with Crippen molar-refractivity contribution in [3.63, 3.8) is 0 Å². The number of nitrogens with zero attached hydrogens (tertiary/aromatic N) is 1. The Hall–Kier alpha value is -1.90. The van der Waals surface area contributed by atoms with Crippen molar-refractivity contribution in [2.75, 3.05) is 12.3 Å². The number of carbonyl (C=O) groups is 2. The highest BCUT2D eigenvalue weighted by Crippen LogP contribution is 2.27. The van der Waals surface area contributed by atoms with E-state index >= 15 is 0 Å². The quantitative estimate of drug-likeness (QED) is 0.683. The zero-order valence-electron chi connectivity index (χ0n) is 17.1. The molecule has 1 aliphatic heterocycles. The minimum absolute atomic E-state index is 0.0599. The van der Waals surface area contributed by atoms with Crippen LogP contribution in [0.25, 0.3) is 0 Å². The first-order valence-corrected chi connectivity index (χ1v) is 10.6. The highest BCUT2D eigenvalue weighted by atomic mass is 32.2. The lowest BCUT2D eigenvalue weighted by Crippen LogP contribution is -2.44. The Bertz CT molecular complexity index is 755. The minimum atomic E-state index is -1.29. The highest BCUT2D eigenvalue weighted by molar-refractivity contribution is 8.00. The molecule has 2 amide bonds. The monoisotopic (exact) mass is 432 g/mol. The van der Waals surface area contributed by atoms with Gasteiger partial charge in [-0.05, 0) is 45.2 Å². The summed E-state index contributed by atoms with van der Waals surface area (Å²) in [5.41, 5.74) is -0.884. The lowest BCUT2D eigenvalue weighted by molar-refractivity contribution is -0.131. The summed E-state index contributed by atoms with van der Waals surface area (Å²) in [6.45, 7) is 7.65. The van der Waals surface area contributed by atoms with Crippen LogP contribution < -0.4 is 5.32 Å². The van der Waals surface area contributed by atoms with Gasteiger partial charge in [0.15, 0.2) is 11.6 Å². The molecule has 1 aromatic rings. The van der Waals surface area contributed by atoms with Crippen LogP contribution >= 0.6 is 11.8 Å².